The van der Waals surface area contributed by atoms with Crippen molar-refractivity contribution in [1.29, 1.82) is 0 Å². The highest BCUT2D eigenvalue weighted by Gasteiger charge is 2.08. The van der Waals surface area contributed by atoms with Gasteiger partial charge < -0.3 is 5.32 Å². The van der Waals surface area contributed by atoms with Crippen LogP contribution < -0.4 is 5.32 Å². The Morgan fingerprint density at radius 3 is 2.71 bits per heavy atom. The molecule has 0 atom stereocenters. The van der Waals surface area contributed by atoms with Crippen molar-refractivity contribution in [3.8, 4) is 5.82 Å². The minimum atomic E-state index is 0.621. The van der Waals surface area contributed by atoms with Gasteiger partial charge in [0, 0.05) is 24.8 Å². The molecule has 6 heteroatoms. The molecule has 21 heavy (non-hydrogen) atoms. The van der Waals surface area contributed by atoms with Crippen molar-refractivity contribution in [1.82, 2.24) is 24.5 Å². The van der Waals surface area contributed by atoms with E-state index >= 15 is 0 Å². The number of hydrogen-bond acceptors (Lipinski definition) is 5. The molecule has 0 aliphatic heterocycles. The summed E-state index contributed by atoms with van der Waals surface area (Å²) in [4.78, 5) is 17.2. The van der Waals surface area contributed by atoms with E-state index in [1.54, 1.807) is 18.6 Å². The van der Waals surface area contributed by atoms with Gasteiger partial charge in [0.2, 0.25) is 0 Å². The van der Waals surface area contributed by atoms with Gasteiger partial charge in [0.25, 0.3) is 0 Å². The normalized spacial score (nSPS) is 10.6. The largest absolute Gasteiger partial charge is 0.376 e. The zero-order valence-corrected chi connectivity index (χ0v) is 12.0. The van der Waals surface area contributed by atoms with Crippen molar-refractivity contribution in [3.63, 3.8) is 0 Å². The van der Waals surface area contributed by atoms with E-state index in [4.69, 9.17) is 0 Å². The SMILES string of the molecule is Cc1nccc(CNc2cccnc2-n2ccnc2C)n1. The molecule has 0 fully saturated rings. The molecule has 3 aromatic heterocycles. The van der Waals surface area contributed by atoms with Crippen LogP contribution in [0.1, 0.15) is 17.3 Å². The predicted molar refractivity (Wildman–Crippen MR) is 80.2 cm³/mol. The van der Waals surface area contributed by atoms with Gasteiger partial charge in [-0.05, 0) is 32.0 Å². The van der Waals surface area contributed by atoms with Crippen LogP contribution in [-0.4, -0.2) is 24.5 Å². The number of hydrogen-bond donors (Lipinski definition) is 1. The number of nitrogens with one attached hydrogen (secondary N) is 1. The topological polar surface area (TPSA) is 68.5 Å². The number of anilines is 1. The van der Waals surface area contributed by atoms with Crippen LogP contribution in [0.2, 0.25) is 0 Å². The summed E-state index contributed by atoms with van der Waals surface area (Å²) in [5.74, 6) is 2.50. The summed E-state index contributed by atoms with van der Waals surface area (Å²) >= 11 is 0. The molecular formula is C15H16N6. The van der Waals surface area contributed by atoms with E-state index in [0.717, 1.165) is 28.8 Å². The van der Waals surface area contributed by atoms with E-state index in [-0.39, 0.29) is 0 Å². The Kier molecular flexibility index (Phi) is 3.59. The second-order valence-corrected chi connectivity index (χ2v) is 4.67. The van der Waals surface area contributed by atoms with E-state index in [9.17, 15) is 0 Å². The molecule has 0 bridgehead atoms. The molecule has 3 rings (SSSR count). The Bertz CT molecular complexity index is 749. The van der Waals surface area contributed by atoms with Gasteiger partial charge in [0.05, 0.1) is 17.9 Å². The minimum absolute atomic E-state index is 0.621. The van der Waals surface area contributed by atoms with Crippen LogP contribution in [0.4, 0.5) is 5.69 Å². The lowest BCUT2D eigenvalue weighted by Crippen LogP contribution is -2.08. The molecule has 1 N–H and O–H groups in total. The van der Waals surface area contributed by atoms with Crippen molar-refractivity contribution in [2.75, 3.05) is 5.32 Å². The third kappa shape index (κ3) is 2.89. The average molecular weight is 280 g/mol. The fraction of sp³-hybridized carbons (Fsp3) is 0.200. The molecule has 0 saturated heterocycles. The monoisotopic (exact) mass is 280 g/mol. The molecule has 0 aliphatic rings. The predicted octanol–water partition coefficient (Wildman–Crippen LogP) is 2.29. The van der Waals surface area contributed by atoms with Crippen LogP contribution in [0.3, 0.4) is 0 Å². The van der Waals surface area contributed by atoms with Crippen LogP contribution in [0.15, 0.2) is 43.0 Å². The Labute approximate surface area is 122 Å². The first kappa shape index (κ1) is 13.2. The first-order valence-corrected chi connectivity index (χ1v) is 6.72. The number of aryl methyl sites for hydroxylation is 2. The fourth-order valence-electron chi connectivity index (χ4n) is 2.12. The molecule has 6 nitrogen and oxygen atoms in total. The number of pyridine rings is 1. The quantitative estimate of drug-likeness (QED) is 0.794. The van der Waals surface area contributed by atoms with Crippen molar-refractivity contribution >= 4 is 5.69 Å². The maximum atomic E-state index is 4.44. The summed E-state index contributed by atoms with van der Waals surface area (Å²) in [6.07, 6.45) is 7.21. The molecule has 0 spiro atoms. The fourth-order valence-corrected chi connectivity index (χ4v) is 2.12. The minimum Gasteiger partial charge on any atom is -0.376 e. The summed E-state index contributed by atoms with van der Waals surface area (Å²) in [5, 5.41) is 3.37. The third-order valence-corrected chi connectivity index (χ3v) is 3.13. The Morgan fingerprint density at radius 2 is 1.95 bits per heavy atom. The van der Waals surface area contributed by atoms with Crippen molar-refractivity contribution in [3.05, 3.63) is 60.3 Å². The molecule has 3 heterocycles. The second-order valence-electron chi connectivity index (χ2n) is 4.67. The first-order chi connectivity index (χ1) is 10.2. The third-order valence-electron chi connectivity index (χ3n) is 3.13. The summed E-state index contributed by atoms with van der Waals surface area (Å²) in [7, 11) is 0. The number of nitrogens with zero attached hydrogens (tertiary/aromatic N) is 5. The highest BCUT2D eigenvalue weighted by molar-refractivity contribution is 5.57. The molecular weight excluding hydrogens is 264 g/mol. The van der Waals surface area contributed by atoms with E-state index in [1.165, 1.54) is 0 Å². The van der Waals surface area contributed by atoms with Gasteiger partial charge >= 0.3 is 0 Å². The Balaban J connectivity index is 1.85. The molecule has 0 aromatic carbocycles. The van der Waals surface area contributed by atoms with Gasteiger partial charge in [-0.25, -0.2) is 19.9 Å². The molecule has 3 aromatic rings. The average Bonchev–Trinajstić information content (AvgIpc) is 2.91. The van der Waals surface area contributed by atoms with Crippen molar-refractivity contribution in [2.45, 2.75) is 20.4 Å². The molecule has 0 saturated carbocycles. The van der Waals surface area contributed by atoms with Crippen LogP contribution in [0, 0.1) is 13.8 Å². The van der Waals surface area contributed by atoms with Gasteiger partial charge in [-0.2, -0.15) is 0 Å². The maximum absolute atomic E-state index is 4.44. The summed E-state index contributed by atoms with van der Waals surface area (Å²) in [6.45, 7) is 4.45. The van der Waals surface area contributed by atoms with Gasteiger partial charge in [0.1, 0.15) is 11.6 Å². The molecule has 106 valence electrons. The number of aromatic nitrogens is 5. The molecule has 0 aliphatic carbocycles. The Hall–Kier alpha value is -2.76. The zero-order valence-electron chi connectivity index (χ0n) is 12.0. The standard InChI is InChI=1S/C15H16N6/c1-11-16-7-5-13(20-11)10-19-14-4-3-6-18-15(14)21-9-8-17-12(21)2/h3-9,19H,10H2,1-2H3. The van der Waals surface area contributed by atoms with E-state index in [0.29, 0.717) is 6.54 Å². The van der Waals surface area contributed by atoms with Gasteiger partial charge in [-0.15, -0.1) is 0 Å². The lowest BCUT2D eigenvalue weighted by molar-refractivity contribution is 0.919. The zero-order chi connectivity index (χ0) is 14.7. The number of rotatable bonds is 4. The van der Waals surface area contributed by atoms with Crippen molar-refractivity contribution < 1.29 is 0 Å². The van der Waals surface area contributed by atoms with Gasteiger partial charge in [-0.3, -0.25) is 4.57 Å². The van der Waals surface area contributed by atoms with Crippen LogP contribution >= 0.6 is 0 Å². The molecule has 0 amide bonds. The lowest BCUT2D eigenvalue weighted by Gasteiger charge is -2.12. The van der Waals surface area contributed by atoms with Crippen LogP contribution in [0.5, 0.6) is 0 Å². The first-order valence-electron chi connectivity index (χ1n) is 6.72. The smallest absolute Gasteiger partial charge is 0.161 e. The van der Waals surface area contributed by atoms with E-state index in [2.05, 4.69) is 25.3 Å². The van der Waals surface area contributed by atoms with Gasteiger partial charge in [0.15, 0.2) is 5.82 Å². The second kappa shape index (κ2) is 5.70. The lowest BCUT2D eigenvalue weighted by atomic mass is 10.3. The number of imidazole rings is 1. The summed E-state index contributed by atoms with van der Waals surface area (Å²) in [5.41, 5.74) is 1.88. The summed E-state index contributed by atoms with van der Waals surface area (Å²) in [6, 6.07) is 5.80. The summed E-state index contributed by atoms with van der Waals surface area (Å²) < 4.78 is 1.95. The van der Waals surface area contributed by atoms with Crippen LogP contribution in [0.25, 0.3) is 5.82 Å². The van der Waals surface area contributed by atoms with Crippen molar-refractivity contribution in [2.24, 2.45) is 0 Å². The highest BCUT2D eigenvalue weighted by Crippen LogP contribution is 2.18. The maximum Gasteiger partial charge on any atom is 0.161 e. The molecule has 0 radical (unpaired) electrons. The van der Waals surface area contributed by atoms with Gasteiger partial charge in [-0.1, -0.05) is 0 Å². The molecule has 0 unspecified atom stereocenters. The van der Waals surface area contributed by atoms with E-state index in [1.807, 2.05) is 42.8 Å². The highest BCUT2D eigenvalue weighted by atomic mass is 15.1. The van der Waals surface area contributed by atoms with Crippen LogP contribution in [-0.2, 0) is 6.54 Å². The Morgan fingerprint density at radius 1 is 1.05 bits per heavy atom. The van der Waals surface area contributed by atoms with E-state index < -0.39 is 0 Å².